The average Bonchev–Trinajstić information content (AvgIpc) is 2.63. The first-order chi connectivity index (χ1) is 12.5. The third kappa shape index (κ3) is 5.44. The molecule has 0 aliphatic carbocycles. The minimum atomic E-state index is -0.0729. The van der Waals surface area contributed by atoms with E-state index < -0.39 is 0 Å². The van der Waals surface area contributed by atoms with E-state index in [0.717, 1.165) is 37.4 Å². The molecular weight excluding hydrogens is 328 g/mol. The van der Waals surface area contributed by atoms with Crippen LogP contribution < -0.4 is 10.1 Å². The van der Waals surface area contributed by atoms with E-state index in [-0.39, 0.29) is 12.0 Å². The fourth-order valence-corrected chi connectivity index (χ4v) is 2.58. The Kier molecular flexibility index (Phi) is 7.38. The molecule has 6 heteroatoms. The number of benzene rings is 1. The number of aromatic nitrogens is 2. The molecule has 0 saturated heterocycles. The topological polar surface area (TPSA) is 67.4 Å². The van der Waals surface area contributed by atoms with E-state index in [4.69, 9.17) is 4.74 Å². The number of nitrogens with one attached hydrogen (secondary N) is 1. The highest BCUT2D eigenvalue weighted by atomic mass is 16.5. The maximum Gasteiger partial charge on any atom is 0.274 e. The number of hydrogen-bond donors (Lipinski definition) is 1. The number of rotatable bonds is 9. The Hall–Kier alpha value is -2.63. The van der Waals surface area contributed by atoms with E-state index in [1.165, 1.54) is 6.20 Å². The second-order valence-electron chi connectivity index (χ2n) is 6.37. The Bertz CT molecular complexity index is 695. The molecule has 0 aliphatic heterocycles. The van der Waals surface area contributed by atoms with E-state index >= 15 is 0 Å². The van der Waals surface area contributed by atoms with Crippen LogP contribution >= 0.6 is 0 Å². The molecule has 0 unspecified atom stereocenters. The lowest BCUT2D eigenvalue weighted by Crippen LogP contribution is -2.33. The quantitative estimate of drug-likeness (QED) is 0.727. The molecule has 2 aromatic rings. The monoisotopic (exact) mass is 356 g/mol. The number of nitrogens with zero attached hydrogens (tertiary/aromatic N) is 3. The van der Waals surface area contributed by atoms with E-state index in [0.29, 0.717) is 11.5 Å². The predicted molar refractivity (Wildman–Crippen MR) is 104 cm³/mol. The summed E-state index contributed by atoms with van der Waals surface area (Å²) in [5.41, 5.74) is 1.18. The van der Waals surface area contributed by atoms with Crippen LogP contribution in [0, 0.1) is 0 Å². The zero-order valence-corrected chi connectivity index (χ0v) is 16.0. The molecule has 2 rings (SSSR count). The second kappa shape index (κ2) is 9.75. The Balaban J connectivity index is 2.11. The number of amides is 1. The maximum absolute atomic E-state index is 12.6. The van der Waals surface area contributed by atoms with E-state index in [1.807, 2.05) is 43.0 Å². The van der Waals surface area contributed by atoms with Crippen LogP contribution in [0.15, 0.2) is 36.7 Å². The summed E-state index contributed by atoms with van der Waals surface area (Å²) in [4.78, 5) is 23.0. The molecule has 1 aromatic carbocycles. The molecule has 1 amide bonds. The molecule has 1 heterocycles. The van der Waals surface area contributed by atoms with Crippen molar-refractivity contribution in [2.45, 2.75) is 46.6 Å². The van der Waals surface area contributed by atoms with Gasteiger partial charge in [0, 0.05) is 13.1 Å². The van der Waals surface area contributed by atoms with Gasteiger partial charge in [0.15, 0.2) is 0 Å². The summed E-state index contributed by atoms with van der Waals surface area (Å²) < 4.78 is 5.79. The van der Waals surface area contributed by atoms with Gasteiger partial charge in [-0.2, -0.15) is 0 Å². The molecule has 0 atom stereocenters. The van der Waals surface area contributed by atoms with Crippen LogP contribution in [0.1, 0.15) is 51.0 Å². The summed E-state index contributed by atoms with van der Waals surface area (Å²) in [6, 6.07) is 7.67. The molecule has 0 aliphatic rings. The summed E-state index contributed by atoms with van der Waals surface area (Å²) in [6.45, 7) is 9.55. The highest BCUT2D eigenvalue weighted by Gasteiger charge is 2.16. The normalized spacial score (nSPS) is 10.7. The molecule has 0 radical (unpaired) electrons. The van der Waals surface area contributed by atoms with Gasteiger partial charge in [-0.25, -0.2) is 9.97 Å². The highest BCUT2D eigenvalue weighted by molar-refractivity contribution is 5.92. The molecular formula is C20H28N4O2. The van der Waals surface area contributed by atoms with Crippen molar-refractivity contribution in [2.75, 3.05) is 18.4 Å². The minimum Gasteiger partial charge on any atom is -0.489 e. The first kappa shape index (κ1) is 19.7. The third-order valence-electron chi connectivity index (χ3n) is 3.66. The van der Waals surface area contributed by atoms with Crippen molar-refractivity contribution in [1.29, 1.82) is 0 Å². The highest BCUT2D eigenvalue weighted by Crippen LogP contribution is 2.27. The minimum absolute atomic E-state index is 0.0729. The molecule has 0 spiro atoms. The first-order valence-electron chi connectivity index (χ1n) is 9.19. The summed E-state index contributed by atoms with van der Waals surface area (Å²) in [5.74, 6) is 1.25. The lowest BCUT2D eigenvalue weighted by Gasteiger charge is -2.20. The van der Waals surface area contributed by atoms with Gasteiger partial charge in [-0.15, -0.1) is 0 Å². The van der Waals surface area contributed by atoms with Crippen LogP contribution in [-0.4, -0.2) is 40.0 Å². The van der Waals surface area contributed by atoms with Crippen molar-refractivity contribution in [3.63, 3.8) is 0 Å². The smallest absolute Gasteiger partial charge is 0.274 e. The van der Waals surface area contributed by atoms with E-state index in [9.17, 15) is 4.79 Å². The van der Waals surface area contributed by atoms with Gasteiger partial charge in [-0.05, 0) is 38.8 Å². The van der Waals surface area contributed by atoms with Crippen LogP contribution in [-0.2, 0) is 0 Å². The number of anilines is 2. The van der Waals surface area contributed by atoms with Crippen LogP contribution in [0.4, 0.5) is 11.5 Å². The zero-order valence-electron chi connectivity index (χ0n) is 16.0. The van der Waals surface area contributed by atoms with Crippen LogP contribution in [0.5, 0.6) is 5.75 Å². The third-order valence-corrected chi connectivity index (χ3v) is 3.66. The van der Waals surface area contributed by atoms with Crippen molar-refractivity contribution in [3.8, 4) is 5.75 Å². The number of para-hydroxylation sites is 2. The van der Waals surface area contributed by atoms with Crippen LogP contribution in [0.25, 0.3) is 0 Å². The summed E-state index contributed by atoms with van der Waals surface area (Å²) in [7, 11) is 0. The van der Waals surface area contributed by atoms with Gasteiger partial charge in [0.1, 0.15) is 17.3 Å². The van der Waals surface area contributed by atoms with Gasteiger partial charge >= 0.3 is 0 Å². The SMILES string of the molecule is CCCN(CCC)C(=O)c1cnc(Nc2ccccc2OC(C)C)cn1. The summed E-state index contributed by atoms with van der Waals surface area (Å²) >= 11 is 0. The van der Waals surface area contributed by atoms with E-state index in [2.05, 4.69) is 29.1 Å². The first-order valence-corrected chi connectivity index (χ1v) is 9.19. The molecule has 0 saturated carbocycles. The number of ether oxygens (including phenoxy) is 1. The Morgan fingerprint density at radius 3 is 2.38 bits per heavy atom. The molecule has 6 nitrogen and oxygen atoms in total. The standard InChI is InChI=1S/C20H28N4O2/c1-5-11-24(12-6-2)20(25)17-13-22-19(14-21-17)23-16-9-7-8-10-18(16)26-15(3)4/h7-10,13-15H,5-6,11-12H2,1-4H3,(H,22,23). The fourth-order valence-electron chi connectivity index (χ4n) is 2.58. The lowest BCUT2D eigenvalue weighted by atomic mass is 10.3. The Morgan fingerprint density at radius 1 is 1.12 bits per heavy atom. The number of carbonyl (C=O) groups is 1. The van der Waals surface area contributed by atoms with Gasteiger partial charge < -0.3 is 15.0 Å². The molecule has 0 bridgehead atoms. The van der Waals surface area contributed by atoms with E-state index in [1.54, 1.807) is 6.20 Å². The number of carbonyl (C=O) groups excluding carboxylic acids is 1. The van der Waals surface area contributed by atoms with Crippen molar-refractivity contribution < 1.29 is 9.53 Å². The molecule has 1 aromatic heterocycles. The van der Waals surface area contributed by atoms with Crippen molar-refractivity contribution >= 4 is 17.4 Å². The molecule has 26 heavy (non-hydrogen) atoms. The molecule has 0 fully saturated rings. The van der Waals surface area contributed by atoms with Gasteiger partial charge in [0.25, 0.3) is 5.91 Å². The Morgan fingerprint density at radius 2 is 1.81 bits per heavy atom. The van der Waals surface area contributed by atoms with Gasteiger partial charge in [0.2, 0.25) is 0 Å². The Labute approximate surface area is 155 Å². The molecule has 140 valence electrons. The maximum atomic E-state index is 12.6. The van der Waals surface area contributed by atoms with Crippen LogP contribution in [0.3, 0.4) is 0 Å². The molecule has 1 N–H and O–H groups in total. The summed E-state index contributed by atoms with van der Waals surface area (Å²) in [6.07, 6.45) is 5.02. The van der Waals surface area contributed by atoms with Gasteiger partial charge in [-0.3, -0.25) is 4.79 Å². The van der Waals surface area contributed by atoms with Crippen molar-refractivity contribution in [1.82, 2.24) is 14.9 Å². The van der Waals surface area contributed by atoms with Crippen molar-refractivity contribution in [2.24, 2.45) is 0 Å². The zero-order chi connectivity index (χ0) is 18.9. The lowest BCUT2D eigenvalue weighted by molar-refractivity contribution is 0.0749. The fraction of sp³-hybridized carbons (Fsp3) is 0.450. The van der Waals surface area contributed by atoms with Crippen LogP contribution in [0.2, 0.25) is 0 Å². The second-order valence-corrected chi connectivity index (χ2v) is 6.37. The van der Waals surface area contributed by atoms with Gasteiger partial charge in [0.05, 0.1) is 24.2 Å². The number of hydrogen-bond acceptors (Lipinski definition) is 5. The van der Waals surface area contributed by atoms with Crippen molar-refractivity contribution in [3.05, 3.63) is 42.4 Å². The predicted octanol–water partition coefficient (Wildman–Crippen LogP) is 4.27. The average molecular weight is 356 g/mol. The van der Waals surface area contributed by atoms with Gasteiger partial charge in [-0.1, -0.05) is 26.0 Å². The largest absolute Gasteiger partial charge is 0.489 e. The summed E-state index contributed by atoms with van der Waals surface area (Å²) in [5, 5.41) is 3.20.